The number of nitrogens with zero attached hydrogens (tertiary/aromatic N) is 2. The van der Waals surface area contributed by atoms with Crippen LogP contribution in [0.25, 0.3) is 0 Å². The van der Waals surface area contributed by atoms with Crippen LogP contribution in [0.4, 0.5) is 4.79 Å². The Labute approximate surface area is 187 Å². The number of rotatable bonds is 6. The average Bonchev–Trinajstić information content (AvgIpc) is 3.03. The summed E-state index contributed by atoms with van der Waals surface area (Å²) in [4.78, 5) is 40.7. The quantitative estimate of drug-likeness (QED) is 0.720. The molecule has 0 unspecified atom stereocenters. The summed E-state index contributed by atoms with van der Waals surface area (Å²) in [5, 5.41) is 5.50. The van der Waals surface area contributed by atoms with Gasteiger partial charge in [0.05, 0.1) is 10.6 Å². The second kappa shape index (κ2) is 11.5. The summed E-state index contributed by atoms with van der Waals surface area (Å²) in [6.45, 7) is 3.58. The number of nitrogens with one attached hydrogen (secondary N) is 2. The number of benzene rings is 2. The molecule has 2 aromatic rings. The maximum Gasteiger partial charge on any atom is 0.321 e. The van der Waals surface area contributed by atoms with Crippen LogP contribution >= 0.6 is 11.6 Å². The molecule has 0 atom stereocenters. The highest BCUT2D eigenvalue weighted by atomic mass is 35.5. The van der Waals surface area contributed by atoms with Crippen LogP contribution < -0.4 is 10.6 Å². The van der Waals surface area contributed by atoms with Crippen molar-refractivity contribution in [2.45, 2.75) is 19.4 Å². The zero-order valence-corrected chi connectivity index (χ0v) is 18.1. The highest BCUT2D eigenvalue weighted by Crippen LogP contribution is 2.18. The lowest BCUT2D eigenvalue weighted by Gasteiger charge is -2.22. The Bertz CT molecular complexity index is 907. The van der Waals surface area contributed by atoms with E-state index in [-0.39, 0.29) is 18.2 Å². The zero-order valence-electron chi connectivity index (χ0n) is 17.4. The molecule has 164 valence electrons. The lowest BCUT2D eigenvalue weighted by atomic mass is 10.2. The molecule has 1 heterocycles. The minimum Gasteiger partial charge on any atom is -0.337 e. The molecule has 8 heteroatoms. The van der Waals surface area contributed by atoms with E-state index in [0.29, 0.717) is 43.3 Å². The van der Waals surface area contributed by atoms with E-state index in [1.165, 1.54) is 0 Å². The molecule has 1 aliphatic rings. The van der Waals surface area contributed by atoms with Crippen molar-refractivity contribution in [3.05, 3.63) is 70.7 Å². The summed E-state index contributed by atoms with van der Waals surface area (Å²) in [7, 11) is 0. The summed E-state index contributed by atoms with van der Waals surface area (Å²) >= 11 is 6.16. The van der Waals surface area contributed by atoms with Crippen LogP contribution in [0.1, 0.15) is 28.8 Å². The average molecular weight is 443 g/mol. The van der Waals surface area contributed by atoms with Crippen molar-refractivity contribution in [3.8, 4) is 0 Å². The molecule has 0 radical (unpaired) electrons. The van der Waals surface area contributed by atoms with Gasteiger partial charge in [-0.1, -0.05) is 54.1 Å². The van der Waals surface area contributed by atoms with Crippen molar-refractivity contribution in [1.82, 2.24) is 20.4 Å². The molecule has 1 saturated heterocycles. The molecule has 4 amide bonds. The molecule has 1 fully saturated rings. The Morgan fingerprint density at radius 2 is 1.65 bits per heavy atom. The summed E-state index contributed by atoms with van der Waals surface area (Å²) in [5.74, 6) is -0.390. The van der Waals surface area contributed by atoms with Gasteiger partial charge in [-0.3, -0.25) is 14.9 Å². The lowest BCUT2D eigenvalue weighted by molar-refractivity contribution is -0.120. The van der Waals surface area contributed by atoms with Gasteiger partial charge in [-0.25, -0.2) is 4.79 Å². The zero-order chi connectivity index (χ0) is 22.1. The first kappa shape index (κ1) is 22.8. The van der Waals surface area contributed by atoms with Crippen LogP contribution in [0.15, 0.2) is 54.6 Å². The number of halogens is 1. The van der Waals surface area contributed by atoms with Gasteiger partial charge < -0.3 is 15.1 Å². The van der Waals surface area contributed by atoms with Crippen LogP contribution in [0, 0.1) is 0 Å². The van der Waals surface area contributed by atoms with Gasteiger partial charge in [0.25, 0.3) is 5.91 Å². The van der Waals surface area contributed by atoms with Gasteiger partial charge in [0.1, 0.15) is 0 Å². The first-order valence-electron chi connectivity index (χ1n) is 10.4. The van der Waals surface area contributed by atoms with Crippen LogP contribution in [-0.4, -0.2) is 60.4 Å². The maximum absolute atomic E-state index is 12.7. The molecule has 1 aliphatic heterocycles. The maximum atomic E-state index is 12.7. The molecule has 31 heavy (non-hydrogen) atoms. The third-order valence-electron chi connectivity index (χ3n) is 5.18. The van der Waals surface area contributed by atoms with Gasteiger partial charge >= 0.3 is 6.03 Å². The molecule has 3 rings (SSSR count). The van der Waals surface area contributed by atoms with Gasteiger partial charge in [0.15, 0.2) is 0 Å². The fourth-order valence-electron chi connectivity index (χ4n) is 3.47. The van der Waals surface area contributed by atoms with Crippen molar-refractivity contribution in [1.29, 1.82) is 0 Å². The Kier molecular flexibility index (Phi) is 8.44. The van der Waals surface area contributed by atoms with E-state index >= 15 is 0 Å². The van der Waals surface area contributed by atoms with E-state index in [4.69, 9.17) is 11.6 Å². The molecule has 0 aliphatic carbocycles. The molecule has 0 spiro atoms. The van der Waals surface area contributed by atoms with Crippen molar-refractivity contribution in [2.75, 3.05) is 32.7 Å². The Hall–Kier alpha value is -2.90. The second-order valence-electron chi connectivity index (χ2n) is 7.43. The number of imide groups is 1. The van der Waals surface area contributed by atoms with E-state index in [2.05, 4.69) is 15.5 Å². The van der Waals surface area contributed by atoms with Gasteiger partial charge in [-0.2, -0.15) is 0 Å². The predicted molar refractivity (Wildman–Crippen MR) is 120 cm³/mol. The SMILES string of the molecule is O=C(CCN1CCCN(C(=O)c2ccccc2Cl)CC1)NC(=O)NCc1ccccc1. The van der Waals surface area contributed by atoms with Gasteiger partial charge in [-0.15, -0.1) is 0 Å². The summed E-state index contributed by atoms with van der Waals surface area (Å²) < 4.78 is 0. The molecule has 2 N–H and O–H groups in total. The molecule has 0 bridgehead atoms. The van der Waals surface area contributed by atoms with Gasteiger partial charge in [0.2, 0.25) is 5.91 Å². The van der Waals surface area contributed by atoms with Crippen molar-refractivity contribution < 1.29 is 14.4 Å². The van der Waals surface area contributed by atoms with Crippen LogP contribution in [-0.2, 0) is 11.3 Å². The van der Waals surface area contributed by atoms with E-state index in [1.54, 1.807) is 29.2 Å². The van der Waals surface area contributed by atoms with Crippen LogP contribution in [0.5, 0.6) is 0 Å². The predicted octanol–water partition coefficient (Wildman–Crippen LogP) is 2.90. The highest BCUT2D eigenvalue weighted by Gasteiger charge is 2.22. The number of amides is 4. The molecular weight excluding hydrogens is 416 g/mol. The largest absolute Gasteiger partial charge is 0.337 e. The van der Waals surface area contributed by atoms with Crippen LogP contribution in [0.3, 0.4) is 0 Å². The van der Waals surface area contributed by atoms with E-state index in [1.807, 2.05) is 30.3 Å². The van der Waals surface area contributed by atoms with Crippen molar-refractivity contribution in [2.24, 2.45) is 0 Å². The topological polar surface area (TPSA) is 81.8 Å². The summed E-state index contributed by atoms with van der Waals surface area (Å²) in [6.07, 6.45) is 1.03. The second-order valence-corrected chi connectivity index (χ2v) is 7.84. The molecule has 7 nitrogen and oxygen atoms in total. The fourth-order valence-corrected chi connectivity index (χ4v) is 3.69. The third kappa shape index (κ3) is 7.08. The molecule has 0 aromatic heterocycles. The first-order valence-corrected chi connectivity index (χ1v) is 10.8. The minimum absolute atomic E-state index is 0.0692. The fraction of sp³-hybridized carbons (Fsp3) is 0.348. The smallest absolute Gasteiger partial charge is 0.321 e. The molecular formula is C23H27ClN4O3. The Morgan fingerprint density at radius 3 is 2.42 bits per heavy atom. The normalized spacial score (nSPS) is 14.5. The number of hydrogen-bond donors (Lipinski definition) is 2. The molecule has 0 saturated carbocycles. The number of carbonyl (C=O) groups is 3. The third-order valence-corrected chi connectivity index (χ3v) is 5.51. The van der Waals surface area contributed by atoms with E-state index in [0.717, 1.165) is 18.5 Å². The van der Waals surface area contributed by atoms with E-state index < -0.39 is 6.03 Å². The van der Waals surface area contributed by atoms with Crippen LogP contribution in [0.2, 0.25) is 5.02 Å². The minimum atomic E-state index is -0.499. The molecule has 2 aromatic carbocycles. The number of urea groups is 1. The van der Waals surface area contributed by atoms with Crippen molar-refractivity contribution in [3.63, 3.8) is 0 Å². The monoisotopic (exact) mass is 442 g/mol. The highest BCUT2D eigenvalue weighted by molar-refractivity contribution is 6.33. The Morgan fingerprint density at radius 1 is 0.903 bits per heavy atom. The number of carbonyl (C=O) groups excluding carboxylic acids is 3. The summed E-state index contributed by atoms with van der Waals surface area (Å²) in [5.41, 5.74) is 1.48. The van der Waals surface area contributed by atoms with Crippen molar-refractivity contribution >= 4 is 29.4 Å². The van der Waals surface area contributed by atoms with Gasteiger partial charge in [-0.05, 0) is 30.7 Å². The summed E-state index contributed by atoms with van der Waals surface area (Å²) in [6, 6.07) is 16.1. The number of hydrogen-bond acceptors (Lipinski definition) is 4. The first-order chi connectivity index (χ1) is 15.0. The van der Waals surface area contributed by atoms with Gasteiger partial charge in [0, 0.05) is 39.1 Å². The standard InChI is InChI=1S/C23H27ClN4O3/c24-20-10-5-4-9-19(20)22(30)28-13-6-12-27(15-16-28)14-11-21(29)26-23(31)25-17-18-7-2-1-3-8-18/h1-5,7-10H,6,11-17H2,(H2,25,26,29,31). The Balaban J connectivity index is 1.39. The van der Waals surface area contributed by atoms with E-state index in [9.17, 15) is 14.4 Å². The lowest BCUT2D eigenvalue weighted by Crippen LogP contribution is -2.41.